The Labute approximate surface area is 213 Å². The fourth-order valence-electron chi connectivity index (χ4n) is 4.28. The SMILES string of the molecule is Cc1ncc(C(=O)N2CCN(C(=O)c3ccc(CS(=O)(=O)c4cccc5cccnc45)cc3)CC2)s1. The molecule has 1 aliphatic heterocycles. The van der Waals surface area contributed by atoms with Crippen LogP contribution in [0.25, 0.3) is 10.9 Å². The lowest BCUT2D eigenvalue weighted by Crippen LogP contribution is -2.50. The third-order valence-corrected chi connectivity index (χ3v) is 8.79. The first-order chi connectivity index (χ1) is 17.3. The maximum atomic E-state index is 13.1. The molecule has 0 atom stereocenters. The summed E-state index contributed by atoms with van der Waals surface area (Å²) < 4.78 is 26.2. The summed E-state index contributed by atoms with van der Waals surface area (Å²) in [4.78, 5) is 38.3. The molecule has 0 unspecified atom stereocenters. The quantitative estimate of drug-likeness (QED) is 0.399. The van der Waals surface area contributed by atoms with E-state index in [1.807, 2.05) is 19.1 Å². The standard InChI is InChI=1S/C26H24N4O4S2/c1-18-28-16-22(35-18)26(32)30-14-12-29(13-15-30)25(31)21-9-7-19(8-10-21)17-36(33,34)23-6-2-4-20-5-3-11-27-24(20)23/h2-11,16H,12-15,17H2,1H3. The lowest BCUT2D eigenvalue weighted by molar-refractivity contribution is 0.0538. The fourth-order valence-corrected chi connectivity index (χ4v) is 6.56. The summed E-state index contributed by atoms with van der Waals surface area (Å²) >= 11 is 1.37. The van der Waals surface area contributed by atoms with E-state index in [9.17, 15) is 18.0 Å². The number of benzene rings is 2. The van der Waals surface area contributed by atoms with Crippen LogP contribution in [-0.2, 0) is 15.6 Å². The Morgan fingerprint density at radius 1 is 0.889 bits per heavy atom. The number of thiazole rings is 1. The molecule has 10 heteroatoms. The van der Waals surface area contributed by atoms with Crippen LogP contribution >= 0.6 is 11.3 Å². The van der Waals surface area contributed by atoms with Gasteiger partial charge in [0.15, 0.2) is 9.84 Å². The van der Waals surface area contributed by atoms with Gasteiger partial charge in [0.05, 0.1) is 27.4 Å². The van der Waals surface area contributed by atoms with Crippen molar-refractivity contribution in [3.63, 3.8) is 0 Å². The zero-order valence-corrected chi connectivity index (χ0v) is 21.3. The molecule has 184 valence electrons. The smallest absolute Gasteiger partial charge is 0.265 e. The zero-order chi connectivity index (χ0) is 25.3. The first-order valence-electron chi connectivity index (χ1n) is 11.5. The fraction of sp³-hybridized carbons (Fsp3) is 0.231. The lowest BCUT2D eigenvalue weighted by Gasteiger charge is -2.34. The summed E-state index contributed by atoms with van der Waals surface area (Å²) in [6.45, 7) is 3.65. The molecule has 36 heavy (non-hydrogen) atoms. The second kappa shape index (κ2) is 9.79. The van der Waals surface area contributed by atoms with E-state index >= 15 is 0 Å². The second-order valence-corrected chi connectivity index (χ2v) is 11.8. The van der Waals surface area contributed by atoms with Crippen molar-refractivity contribution in [3.05, 3.63) is 88.0 Å². The minimum absolute atomic E-state index is 0.0559. The van der Waals surface area contributed by atoms with Crippen LogP contribution in [0.15, 0.2) is 71.9 Å². The normalized spacial score (nSPS) is 14.2. The number of fused-ring (bicyclic) bond motifs is 1. The number of amides is 2. The molecule has 0 bridgehead atoms. The van der Waals surface area contributed by atoms with Gasteiger partial charge in [0, 0.05) is 43.3 Å². The van der Waals surface area contributed by atoms with Gasteiger partial charge in [-0.3, -0.25) is 14.6 Å². The van der Waals surface area contributed by atoms with E-state index in [-0.39, 0.29) is 22.5 Å². The van der Waals surface area contributed by atoms with Crippen molar-refractivity contribution < 1.29 is 18.0 Å². The summed E-state index contributed by atoms with van der Waals surface area (Å²) in [7, 11) is -3.63. The van der Waals surface area contributed by atoms with Crippen LogP contribution in [0.3, 0.4) is 0 Å². The Kier molecular flexibility index (Phi) is 6.55. The Morgan fingerprint density at radius 3 is 2.22 bits per heavy atom. The van der Waals surface area contributed by atoms with Crippen LogP contribution in [0.4, 0.5) is 0 Å². The Balaban J connectivity index is 1.23. The van der Waals surface area contributed by atoms with Crippen molar-refractivity contribution in [1.82, 2.24) is 19.8 Å². The molecule has 1 saturated heterocycles. The minimum Gasteiger partial charge on any atom is -0.335 e. The zero-order valence-electron chi connectivity index (χ0n) is 19.6. The van der Waals surface area contributed by atoms with Crippen molar-refractivity contribution in [2.75, 3.05) is 26.2 Å². The highest BCUT2D eigenvalue weighted by Gasteiger charge is 2.26. The highest BCUT2D eigenvalue weighted by molar-refractivity contribution is 7.90. The van der Waals surface area contributed by atoms with Gasteiger partial charge in [0.2, 0.25) is 0 Å². The number of hydrogen-bond acceptors (Lipinski definition) is 7. The molecule has 3 heterocycles. The number of nitrogens with zero attached hydrogens (tertiary/aromatic N) is 4. The van der Waals surface area contributed by atoms with Crippen LogP contribution in [0.2, 0.25) is 0 Å². The third kappa shape index (κ3) is 4.87. The average Bonchev–Trinajstić information content (AvgIpc) is 3.34. The van der Waals surface area contributed by atoms with Crippen molar-refractivity contribution in [2.45, 2.75) is 17.6 Å². The van der Waals surface area contributed by atoms with E-state index in [0.717, 1.165) is 10.4 Å². The van der Waals surface area contributed by atoms with Gasteiger partial charge in [-0.1, -0.05) is 30.3 Å². The summed E-state index contributed by atoms with van der Waals surface area (Å²) in [6, 6.07) is 15.4. The first-order valence-corrected chi connectivity index (χ1v) is 14.0. The van der Waals surface area contributed by atoms with Crippen molar-refractivity contribution >= 4 is 43.9 Å². The van der Waals surface area contributed by atoms with Gasteiger partial charge in [0.1, 0.15) is 4.88 Å². The molecule has 1 aliphatic rings. The van der Waals surface area contributed by atoms with Gasteiger partial charge in [-0.05, 0) is 36.8 Å². The topological polar surface area (TPSA) is 101 Å². The highest BCUT2D eigenvalue weighted by atomic mass is 32.2. The monoisotopic (exact) mass is 520 g/mol. The predicted molar refractivity (Wildman–Crippen MR) is 138 cm³/mol. The Morgan fingerprint density at radius 2 is 1.56 bits per heavy atom. The molecular weight excluding hydrogens is 496 g/mol. The molecule has 0 spiro atoms. The third-order valence-electron chi connectivity index (χ3n) is 6.17. The number of aryl methyl sites for hydroxylation is 1. The molecule has 0 radical (unpaired) electrons. The van der Waals surface area contributed by atoms with Crippen molar-refractivity contribution in [3.8, 4) is 0 Å². The molecule has 2 amide bonds. The number of carbonyl (C=O) groups is 2. The number of hydrogen-bond donors (Lipinski definition) is 0. The molecule has 2 aromatic heterocycles. The summed E-state index contributed by atoms with van der Waals surface area (Å²) in [5, 5.41) is 1.61. The van der Waals surface area contributed by atoms with Gasteiger partial charge < -0.3 is 9.80 Å². The van der Waals surface area contributed by atoms with Crippen molar-refractivity contribution in [2.24, 2.45) is 0 Å². The van der Waals surface area contributed by atoms with Gasteiger partial charge in [-0.15, -0.1) is 11.3 Å². The van der Waals surface area contributed by atoms with Crippen LogP contribution in [0.5, 0.6) is 0 Å². The number of aromatic nitrogens is 2. The van der Waals surface area contributed by atoms with Crippen molar-refractivity contribution in [1.29, 1.82) is 0 Å². The molecular formula is C26H24N4O4S2. The molecule has 1 fully saturated rings. The summed E-state index contributed by atoms with van der Waals surface area (Å²) in [5.41, 5.74) is 1.53. The summed E-state index contributed by atoms with van der Waals surface area (Å²) in [6.07, 6.45) is 3.18. The predicted octanol–water partition coefficient (Wildman–Crippen LogP) is 3.57. The number of pyridine rings is 1. The van der Waals surface area contributed by atoms with E-state index < -0.39 is 9.84 Å². The molecule has 2 aromatic carbocycles. The number of carbonyl (C=O) groups excluding carboxylic acids is 2. The van der Waals surface area contributed by atoms with Crippen LogP contribution < -0.4 is 0 Å². The Hall–Kier alpha value is -3.63. The second-order valence-electron chi connectivity index (χ2n) is 8.62. The van der Waals surface area contributed by atoms with Crippen LogP contribution in [0.1, 0.15) is 30.6 Å². The summed E-state index contributed by atoms with van der Waals surface area (Å²) in [5.74, 6) is -0.377. The average molecular weight is 521 g/mol. The number of piperazine rings is 1. The minimum atomic E-state index is -3.63. The van der Waals surface area contributed by atoms with Crippen LogP contribution in [-0.4, -0.2) is 66.2 Å². The molecule has 0 aliphatic carbocycles. The highest BCUT2D eigenvalue weighted by Crippen LogP contribution is 2.24. The largest absolute Gasteiger partial charge is 0.335 e. The van der Waals surface area contributed by atoms with E-state index in [0.29, 0.717) is 47.7 Å². The van der Waals surface area contributed by atoms with Gasteiger partial charge in [-0.25, -0.2) is 13.4 Å². The molecule has 0 saturated carbocycles. The number of rotatable bonds is 5. The molecule has 0 N–H and O–H groups in total. The maximum Gasteiger partial charge on any atom is 0.265 e. The first kappa shape index (κ1) is 24.1. The van der Waals surface area contributed by atoms with Gasteiger partial charge >= 0.3 is 0 Å². The maximum absolute atomic E-state index is 13.1. The lowest BCUT2D eigenvalue weighted by atomic mass is 10.1. The van der Waals surface area contributed by atoms with E-state index in [4.69, 9.17) is 0 Å². The molecule has 5 rings (SSSR count). The molecule has 4 aromatic rings. The Bertz CT molecular complexity index is 1530. The van der Waals surface area contributed by atoms with Gasteiger partial charge in [0.25, 0.3) is 11.8 Å². The van der Waals surface area contributed by atoms with E-state index in [2.05, 4.69) is 9.97 Å². The molecule has 8 nitrogen and oxygen atoms in total. The number of sulfone groups is 1. The number of para-hydroxylation sites is 1. The van der Waals surface area contributed by atoms with E-state index in [1.165, 1.54) is 11.3 Å². The van der Waals surface area contributed by atoms with Crippen LogP contribution in [0, 0.1) is 6.92 Å². The van der Waals surface area contributed by atoms with E-state index in [1.54, 1.807) is 64.7 Å². The van der Waals surface area contributed by atoms with Gasteiger partial charge in [-0.2, -0.15) is 0 Å².